The molecular weight excluding hydrogens is 280 g/mol. The highest BCUT2D eigenvalue weighted by Crippen LogP contribution is 2.59. The molecule has 0 amide bonds. The van der Waals surface area contributed by atoms with E-state index in [0.29, 0.717) is 5.92 Å². The number of hydrogen-bond acceptors (Lipinski definition) is 3. The van der Waals surface area contributed by atoms with Gasteiger partial charge in [-0.15, -0.1) is 0 Å². The highest BCUT2D eigenvalue weighted by atomic mass is 28.4. The fourth-order valence-corrected chi connectivity index (χ4v) is 6.07. The van der Waals surface area contributed by atoms with Crippen LogP contribution in [-0.2, 0) is 8.85 Å². The molecule has 0 spiro atoms. The SMILES string of the molecule is CC(C)(C)O[Si](O)(OC(C)(C)C)[C@@H]1C[C@H]1c1ccccc1. The molecule has 1 aliphatic carbocycles. The van der Waals surface area contributed by atoms with Crippen LogP contribution in [0.4, 0.5) is 0 Å². The van der Waals surface area contributed by atoms with E-state index in [0.717, 1.165) is 6.42 Å². The molecule has 0 unspecified atom stereocenters. The molecule has 0 bridgehead atoms. The minimum absolute atomic E-state index is 0.110. The van der Waals surface area contributed by atoms with Crippen molar-refractivity contribution >= 4 is 8.80 Å². The molecule has 3 nitrogen and oxygen atoms in total. The van der Waals surface area contributed by atoms with Gasteiger partial charge in [0.05, 0.1) is 11.2 Å². The molecular formula is C17H28O3Si. The predicted octanol–water partition coefficient (Wildman–Crippen LogP) is 4.11. The first kappa shape index (κ1) is 16.7. The van der Waals surface area contributed by atoms with E-state index in [2.05, 4.69) is 12.1 Å². The Morgan fingerprint density at radius 2 is 1.43 bits per heavy atom. The summed E-state index contributed by atoms with van der Waals surface area (Å²) in [7, 11) is -3.23. The number of hydrogen-bond donors (Lipinski definition) is 1. The van der Waals surface area contributed by atoms with Gasteiger partial charge in [0.15, 0.2) is 0 Å². The highest BCUT2D eigenvalue weighted by molar-refractivity contribution is 6.62. The van der Waals surface area contributed by atoms with Gasteiger partial charge < -0.3 is 13.6 Å². The third-order valence-corrected chi connectivity index (χ3v) is 6.78. The molecule has 1 saturated carbocycles. The van der Waals surface area contributed by atoms with Crippen molar-refractivity contribution < 1.29 is 13.6 Å². The first-order valence-corrected chi connectivity index (χ1v) is 9.52. The van der Waals surface area contributed by atoms with Crippen molar-refractivity contribution in [3.63, 3.8) is 0 Å². The summed E-state index contributed by atoms with van der Waals surface area (Å²) in [6, 6.07) is 10.3. The van der Waals surface area contributed by atoms with E-state index < -0.39 is 20.0 Å². The summed E-state index contributed by atoms with van der Waals surface area (Å²) in [4.78, 5) is 11.1. The summed E-state index contributed by atoms with van der Waals surface area (Å²) < 4.78 is 12.1. The molecule has 4 heteroatoms. The topological polar surface area (TPSA) is 38.7 Å². The minimum Gasteiger partial charge on any atom is -0.389 e. The molecule has 1 fully saturated rings. The van der Waals surface area contributed by atoms with Gasteiger partial charge in [-0.3, -0.25) is 0 Å². The lowest BCUT2D eigenvalue weighted by atomic mass is 10.1. The summed E-state index contributed by atoms with van der Waals surface area (Å²) in [6.45, 7) is 11.8. The van der Waals surface area contributed by atoms with Gasteiger partial charge in [0.1, 0.15) is 0 Å². The summed E-state index contributed by atoms with van der Waals surface area (Å²) in [5.41, 5.74) is 0.563. The summed E-state index contributed by atoms with van der Waals surface area (Å²) >= 11 is 0. The second kappa shape index (κ2) is 5.50. The quantitative estimate of drug-likeness (QED) is 0.851. The standard InChI is InChI=1S/C17H28O3Si/c1-16(2,3)19-21(18,20-17(4,5)6)15-12-14(15)13-10-8-7-9-11-13/h7-11,14-15,18H,12H2,1-6H3/t14-,15+/m0/s1. The van der Waals surface area contributed by atoms with Crippen LogP contribution in [0.15, 0.2) is 30.3 Å². The Labute approximate surface area is 129 Å². The van der Waals surface area contributed by atoms with Crippen LogP contribution in [0.25, 0.3) is 0 Å². The minimum atomic E-state index is -3.23. The van der Waals surface area contributed by atoms with Gasteiger partial charge in [-0.1, -0.05) is 30.3 Å². The Morgan fingerprint density at radius 1 is 0.952 bits per heavy atom. The number of benzene rings is 1. The molecule has 0 aliphatic heterocycles. The average Bonchev–Trinajstić information content (AvgIpc) is 3.05. The van der Waals surface area contributed by atoms with E-state index in [1.165, 1.54) is 5.56 Å². The summed E-state index contributed by atoms with van der Waals surface area (Å²) in [6.07, 6.45) is 0.943. The third kappa shape index (κ3) is 4.64. The molecule has 0 saturated heterocycles. The molecule has 2 atom stereocenters. The predicted molar refractivity (Wildman–Crippen MR) is 87.2 cm³/mol. The van der Waals surface area contributed by atoms with Crippen molar-refractivity contribution in [1.82, 2.24) is 0 Å². The lowest BCUT2D eigenvalue weighted by Gasteiger charge is -2.37. The third-order valence-electron chi connectivity index (χ3n) is 3.39. The van der Waals surface area contributed by atoms with Gasteiger partial charge in [0.25, 0.3) is 0 Å². The van der Waals surface area contributed by atoms with Crippen LogP contribution in [0.5, 0.6) is 0 Å². The lowest BCUT2D eigenvalue weighted by molar-refractivity contribution is -0.0285. The van der Waals surface area contributed by atoms with Crippen molar-refractivity contribution in [2.75, 3.05) is 0 Å². The Bertz CT molecular complexity index is 457. The van der Waals surface area contributed by atoms with Crippen LogP contribution in [-0.4, -0.2) is 24.8 Å². The van der Waals surface area contributed by atoms with Crippen molar-refractivity contribution in [1.29, 1.82) is 0 Å². The van der Waals surface area contributed by atoms with Crippen molar-refractivity contribution in [2.24, 2.45) is 0 Å². The fraction of sp³-hybridized carbons (Fsp3) is 0.647. The maximum Gasteiger partial charge on any atom is 0.502 e. The highest BCUT2D eigenvalue weighted by Gasteiger charge is 2.62. The molecule has 0 radical (unpaired) electrons. The molecule has 1 aromatic rings. The summed E-state index contributed by atoms with van der Waals surface area (Å²) in [5.74, 6) is 0.354. The lowest BCUT2D eigenvalue weighted by Crippen LogP contribution is -2.52. The molecule has 0 aromatic heterocycles. The number of rotatable bonds is 4. The van der Waals surface area contributed by atoms with Crippen molar-refractivity contribution in [2.45, 2.75) is 70.6 Å². The largest absolute Gasteiger partial charge is 0.502 e. The zero-order valence-electron chi connectivity index (χ0n) is 14.0. The Kier molecular flexibility index (Phi) is 4.37. The zero-order valence-corrected chi connectivity index (χ0v) is 15.0. The average molecular weight is 308 g/mol. The zero-order chi connectivity index (χ0) is 15.9. The van der Waals surface area contributed by atoms with Crippen LogP contribution < -0.4 is 0 Å². The first-order chi connectivity index (χ1) is 9.50. The van der Waals surface area contributed by atoms with Crippen LogP contribution in [0.3, 0.4) is 0 Å². The molecule has 1 N–H and O–H groups in total. The normalized spacial score (nSPS) is 23.2. The van der Waals surface area contributed by atoms with Gasteiger partial charge >= 0.3 is 8.80 Å². The second-order valence-corrected chi connectivity index (χ2v) is 10.3. The molecule has 1 aliphatic rings. The maximum atomic E-state index is 11.1. The first-order valence-electron chi connectivity index (χ1n) is 7.68. The van der Waals surface area contributed by atoms with Crippen LogP contribution in [0.2, 0.25) is 5.54 Å². The van der Waals surface area contributed by atoms with Crippen LogP contribution in [0.1, 0.15) is 59.4 Å². The van der Waals surface area contributed by atoms with Crippen LogP contribution in [0, 0.1) is 0 Å². The van der Waals surface area contributed by atoms with Crippen LogP contribution >= 0.6 is 0 Å². The Morgan fingerprint density at radius 3 is 1.86 bits per heavy atom. The van der Waals surface area contributed by atoms with E-state index in [1.54, 1.807) is 0 Å². The van der Waals surface area contributed by atoms with E-state index in [-0.39, 0.29) is 5.54 Å². The van der Waals surface area contributed by atoms with Crippen molar-refractivity contribution in [3.05, 3.63) is 35.9 Å². The molecule has 1 aromatic carbocycles. The Balaban J connectivity index is 2.18. The van der Waals surface area contributed by atoms with Crippen molar-refractivity contribution in [3.8, 4) is 0 Å². The van der Waals surface area contributed by atoms with Gasteiger partial charge in [-0.05, 0) is 59.4 Å². The van der Waals surface area contributed by atoms with E-state index in [1.807, 2.05) is 59.7 Å². The Hall–Kier alpha value is -0.683. The molecule has 0 heterocycles. The summed E-state index contributed by atoms with van der Waals surface area (Å²) in [5, 5.41) is 0. The van der Waals surface area contributed by atoms with Gasteiger partial charge in [-0.25, -0.2) is 0 Å². The fourth-order valence-electron chi connectivity index (χ4n) is 2.72. The molecule has 118 valence electrons. The van der Waals surface area contributed by atoms with Gasteiger partial charge in [-0.2, -0.15) is 0 Å². The van der Waals surface area contributed by atoms with Gasteiger partial charge in [0.2, 0.25) is 0 Å². The van der Waals surface area contributed by atoms with E-state index in [9.17, 15) is 4.80 Å². The van der Waals surface area contributed by atoms with E-state index in [4.69, 9.17) is 8.85 Å². The molecule has 2 rings (SSSR count). The molecule has 21 heavy (non-hydrogen) atoms. The smallest absolute Gasteiger partial charge is 0.389 e. The van der Waals surface area contributed by atoms with E-state index >= 15 is 0 Å². The van der Waals surface area contributed by atoms with Gasteiger partial charge in [0, 0.05) is 5.54 Å². The monoisotopic (exact) mass is 308 g/mol. The maximum absolute atomic E-state index is 11.1. The second-order valence-electron chi connectivity index (χ2n) is 7.92.